The van der Waals surface area contributed by atoms with Crippen molar-refractivity contribution in [1.29, 1.82) is 0 Å². The Kier molecular flexibility index (Phi) is 2.88. The summed E-state index contributed by atoms with van der Waals surface area (Å²) in [6.45, 7) is 0. The quantitative estimate of drug-likeness (QED) is 0.709. The number of nitrogens with zero attached hydrogens (tertiary/aromatic N) is 1. The van der Waals surface area contributed by atoms with Crippen LogP contribution in [0.2, 0.25) is 0 Å². The Morgan fingerprint density at radius 2 is 2.06 bits per heavy atom. The van der Waals surface area contributed by atoms with Gasteiger partial charge < -0.3 is 4.74 Å². The highest BCUT2D eigenvalue weighted by atomic mass is 16.5. The van der Waals surface area contributed by atoms with Crippen LogP contribution in [-0.2, 0) is 0 Å². The predicted octanol–water partition coefficient (Wildman–Crippen LogP) is 2.74. The van der Waals surface area contributed by atoms with Gasteiger partial charge in [0.15, 0.2) is 0 Å². The molecule has 2 heteroatoms. The minimum absolute atomic E-state index is 0.796. The van der Waals surface area contributed by atoms with Crippen molar-refractivity contribution in [3.05, 3.63) is 48.2 Å². The largest absolute Gasteiger partial charge is 0.496 e. The van der Waals surface area contributed by atoms with Gasteiger partial charge in [-0.3, -0.25) is 4.98 Å². The number of pyridine rings is 1. The molecule has 0 fully saturated rings. The SMILES string of the molecule is C#Cc1ccnc(-c2ccccc2OC)c1. The van der Waals surface area contributed by atoms with Gasteiger partial charge in [-0.25, -0.2) is 0 Å². The third kappa shape index (κ3) is 1.89. The summed E-state index contributed by atoms with van der Waals surface area (Å²) in [4.78, 5) is 4.29. The molecule has 1 aromatic carbocycles. The predicted molar refractivity (Wildman–Crippen MR) is 64.2 cm³/mol. The van der Waals surface area contributed by atoms with Gasteiger partial charge in [0.05, 0.1) is 12.8 Å². The van der Waals surface area contributed by atoms with Crippen LogP contribution in [0.4, 0.5) is 0 Å². The van der Waals surface area contributed by atoms with Crippen LogP contribution in [0.3, 0.4) is 0 Å². The molecule has 1 heterocycles. The first-order valence-electron chi connectivity index (χ1n) is 4.91. The van der Waals surface area contributed by atoms with E-state index in [1.54, 1.807) is 19.4 Å². The van der Waals surface area contributed by atoms with Crippen LogP contribution < -0.4 is 4.74 Å². The van der Waals surface area contributed by atoms with Crippen LogP contribution in [0.25, 0.3) is 11.3 Å². The minimum atomic E-state index is 0.796. The van der Waals surface area contributed by atoms with Gasteiger partial charge in [0.2, 0.25) is 0 Å². The fourth-order valence-corrected chi connectivity index (χ4v) is 1.52. The number of para-hydroxylation sites is 1. The molecule has 0 aliphatic rings. The van der Waals surface area contributed by atoms with Crippen molar-refractivity contribution >= 4 is 0 Å². The molecule has 2 rings (SSSR count). The van der Waals surface area contributed by atoms with E-state index in [2.05, 4.69) is 10.9 Å². The van der Waals surface area contributed by atoms with E-state index in [-0.39, 0.29) is 0 Å². The summed E-state index contributed by atoms with van der Waals surface area (Å²) in [5, 5.41) is 0. The second-order valence-electron chi connectivity index (χ2n) is 3.27. The number of hydrogen-bond acceptors (Lipinski definition) is 2. The maximum absolute atomic E-state index is 5.36. The number of methoxy groups -OCH3 is 1. The molecule has 78 valence electrons. The number of aromatic nitrogens is 1. The monoisotopic (exact) mass is 209 g/mol. The highest BCUT2D eigenvalue weighted by Crippen LogP contribution is 2.27. The second kappa shape index (κ2) is 4.50. The summed E-state index contributed by atoms with van der Waals surface area (Å²) >= 11 is 0. The zero-order chi connectivity index (χ0) is 11.4. The number of hydrogen-bond donors (Lipinski definition) is 0. The molecular formula is C14H11NO. The Hall–Kier alpha value is -2.27. The van der Waals surface area contributed by atoms with E-state index in [4.69, 9.17) is 11.2 Å². The summed E-state index contributed by atoms with van der Waals surface area (Å²) in [6, 6.07) is 11.4. The maximum Gasteiger partial charge on any atom is 0.128 e. The summed E-state index contributed by atoms with van der Waals surface area (Å²) in [5.41, 5.74) is 2.59. The van der Waals surface area contributed by atoms with Gasteiger partial charge in [-0.2, -0.15) is 0 Å². The zero-order valence-electron chi connectivity index (χ0n) is 8.97. The highest BCUT2D eigenvalue weighted by Gasteiger charge is 2.05. The molecule has 2 aromatic rings. The third-order valence-corrected chi connectivity index (χ3v) is 2.31. The van der Waals surface area contributed by atoms with E-state index in [0.717, 1.165) is 22.6 Å². The normalized spacial score (nSPS) is 9.50. The average molecular weight is 209 g/mol. The van der Waals surface area contributed by atoms with Gasteiger partial charge in [-0.15, -0.1) is 6.42 Å². The zero-order valence-corrected chi connectivity index (χ0v) is 8.97. The van der Waals surface area contributed by atoms with Crippen LogP contribution in [0.1, 0.15) is 5.56 Å². The first-order chi connectivity index (χ1) is 7.85. The van der Waals surface area contributed by atoms with Crippen LogP contribution in [0.15, 0.2) is 42.6 Å². The Morgan fingerprint density at radius 1 is 1.25 bits per heavy atom. The molecule has 16 heavy (non-hydrogen) atoms. The lowest BCUT2D eigenvalue weighted by Crippen LogP contribution is -1.90. The van der Waals surface area contributed by atoms with Gasteiger partial charge in [0.1, 0.15) is 5.75 Å². The second-order valence-corrected chi connectivity index (χ2v) is 3.27. The van der Waals surface area contributed by atoms with E-state index in [9.17, 15) is 0 Å². The summed E-state index contributed by atoms with van der Waals surface area (Å²) in [5.74, 6) is 3.39. The van der Waals surface area contributed by atoms with E-state index in [1.165, 1.54) is 0 Å². The number of benzene rings is 1. The number of ether oxygens (including phenoxy) is 1. The maximum atomic E-state index is 5.36. The molecular weight excluding hydrogens is 198 g/mol. The van der Waals surface area contributed by atoms with Gasteiger partial charge in [0.25, 0.3) is 0 Å². The standard InChI is InChI=1S/C14H11NO/c1-3-11-8-9-15-13(10-11)12-6-4-5-7-14(12)16-2/h1,4-10H,2H3. The Labute approximate surface area is 94.9 Å². The van der Waals surface area contributed by atoms with Crippen molar-refractivity contribution in [3.8, 4) is 29.4 Å². The summed E-state index contributed by atoms with van der Waals surface area (Å²) in [6.07, 6.45) is 7.06. The highest BCUT2D eigenvalue weighted by molar-refractivity contribution is 5.68. The Morgan fingerprint density at radius 3 is 2.81 bits per heavy atom. The molecule has 0 radical (unpaired) electrons. The number of terminal acetylenes is 1. The molecule has 0 saturated heterocycles. The summed E-state index contributed by atoms with van der Waals surface area (Å²) in [7, 11) is 1.64. The molecule has 0 atom stereocenters. The van der Waals surface area contributed by atoms with Crippen molar-refractivity contribution in [2.75, 3.05) is 7.11 Å². The van der Waals surface area contributed by atoms with Crippen molar-refractivity contribution < 1.29 is 4.74 Å². The van der Waals surface area contributed by atoms with E-state index >= 15 is 0 Å². The van der Waals surface area contributed by atoms with Crippen LogP contribution >= 0.6 is 0 Å². The average Bonchev–Trinajstić information content (AvgIpc) is 2.38. The molecule has 2 nitrogen and oxygen atoms in total. The van der Waals surface area contributed by atoms with Gasteiger partial charge in [0, 0.05) is 17.3 Å². The van der Waals surface area contributed by atoms with E-state index < -0.39 is 0 Å². The lowest BCUT2D eigenvalue weighted by molar-refractivity contribution is 0.416. The first-order valence-corrected chi connectivity index (χ1v) is 4.91. The van der Waals surface area contributed by atoms with E-state index in [1.807, 2.05) is 30.3 Å². The molecule has 1 aromatic heterocycles. The van der Waals surface area contributed by atoms with Gasteiger partial charge in [-0.1, -0.05) is 18.1 Å². The smallest absolute Gasteiger partial charge is 0.128 e. The topological polar surface area (TPSA) is 22.1 Å². The fourth-order valence-electron chi connectivity index (χ4n) is 1.52. The molecule has 0 bridgehead atoms. The molecule has 0 N–H and O–H groups in total. The summed E-state index contributed by atoms with van der Waals surface area (Å²) < 4.78 is 5.28. The lowest BCUT2D eigenvalue weighted by atomic mass is 10.1. The van der Waals surface area contributed by atoms with Crippen molar-refractivity contribution in [2.24, 2.45) is 0 Å². The van der Waals surface area contributed by atoms with Crippen LogP contribution in [0.5, 0.6) is 5.75 Å². The van der Waals surface area contributed by atoms with Gasteiger partial charge in [-0.05, 0) is 24.3 Å². The molecule has 0 saturated carbocycles. The molecule has 0 unspecified atom stereocenters. The van der Waals surface area contributed by atoms with Crippen LogP contribution in [-0.4, -0.2) is 12.1 Å². The van der Waals surface area contributed by atoms with Crippen LogP contribution in [0, 0.1) is 12.3 Å². The van der Waals surface area contributed by atoms with Crippen molar-refractivity contribution in [1.82, 2.24) is 4.98 Å². The fraction of sp³-hybridized carbons (Fsp3) is 0.0714. The lowest BCUT2D eigenvalue weighted by Gasteiger charge is -2.07. The van der Waals surface area contributed by atoms with Gasteiger partial charge >= 0.3 is 0 Å². The number of rotatable bonds is 2. The third-order valence-electron chi connectivity index (χ3n) is 2.31. The molecule has 0 amide bonds. The van der Waals surface area contributed by atoms with Crippen molar-refractivity contribution in [2.45, 2.75) is 0 Å². The Balaban J connectivity index is 2.54. The Bertz CT molecular complexity index is 540. The first kappa shape index (κ1) is 10.3. The molecule has 0 aliphatic carbocycles. The van der Waals surface area contributed by atoms with E-state index in [0.29, 0.717) is 0 Å². The molecule has 0 spiro atoms. The minimum Gasteiger partial charge on any atom is -0.496 e. The molecule has 0 aliphatic heterocycles. The van der Waals surface area contributed by atoms with Crippen molar-refractivity contribution in [3.63, 3.8) is 0 Å².